The average molecular weight is 534 g/mol. The Labute approximate surface area is 228 Å². The number of fused-ring (bicyclic) bond motifs is 2. The van der Waals surface area contributed by atoms with E-state index in [2.05, 4.69) is 30.6 Å². The van der Waals surface area contributed by atoms with E-state index in [1.54, 1.807) is 12.1 Å². The van der Waals surface area contributed by atoms with Crippen LogP contribution in [0.15, 0.2) is 24.3 Å². The number of phenols is 1. The monoisotopic (exact) mass is 533 g/mol. The predicted octanol–water partition coefficient (Wildman–Crippen LogP) is 7.42. The summed E-state index contributed by atoms with van der Waals surface area (Å²) in [6, 6.07) is 7.29. The van der Waals surface area contributed by atoms with Crippen molar-refractivity contribution in [1.82, 2.24) is 4.90 Å². The molecule has 0 aliphatic carbocycles. The van der Waals surface area contributed by atoms with Gasteiger partial charge in [0.05, 0.1) is 7.11 Å². The van der Waals surface area contributed by atoms with Gasteiger partial charge in [0.2, 0.25) is 18.3 Å². The highest BCUT2D eigenvalue weighted by atomic mass is 17.1. The molecule has 2 aromatic carbocycles. The molecule has 3 unspecified atom stereocenters. The number of benzene rings is 2. The lowest BCUT2D eigenvalue weighted by molar-refractivity contribution is -0.139. The fraction of sp³-hybridized carbons (Fsp3) is 0.600. The maximum Gasteiger partial charge on any atom is 0.231 e. The van der Waals surface area contributed by atoms with Crippen LogP contribution in [0.4, 0.5) is 0 Å². The molecule has 1 fully saturated rings. The van der Waals surface area contributed by atoms with Gasteiger partial charge in [0.1, 0.15) is 5.75 Å². The first-order valence-electron chi connectivity index (χ1n) is 14.1. The third kappa shape index (κ3) is 6.77. The standard InChI is InChI=1S/C23H27NO7.C3H8.2C2H6/c1-13-21(14-8-19(27-2)22(25)20(9-14)31-26)15-10-17-18(29-12-28-17)11-16(15)30-23(13)24-6-4-3-5-7-24;1-3-2;2*1-2/h8-11,13,21,23,25-26H,3-7,12H2,1-2H3;3H2,1-2H3;2*1-2H3. The zero-order valence-electron chi connectivity index (χ0n) is 24.4. The summed E-state index contributed by atoms with van der Waals surface area (Å²) in [6.07, 6.45) is 4.68. The smallest absolute Gasteiger partial charge is 0.231 e. The Balaban J connectivity index is 0.000000665. The van der Waals surface area contributed by atoms with E-state index in [0.717, 1.165) is 42.8 Å². The van der Waals surface area contributed by atoms with Gasteiger partial charge < -0.3 is 28.9 Å². The lowest BCUT2D eigenvalue weighted by Gasteiger charge is -2.44. The van der Waals surface area contributed by atoms with Crippen molar-refractivity contribution in [2.75, 3.05) is 27.0 Å². The van der Waals surface area contributed by atoms with Gasteiger partial charge in [-0.25, -0.2) is 5.26 Å². The van der Waals surface area contributed by atoms with Crippen LogP contribution >= 0.6 is 0 Å². The van der Waals surface area contributed by atoms with Crippen molar-refractivity contribution >= 4 is 0 Å². The zero-order chi connectivity index (χ0) is 28.2. The van der Waals surface area contributed by atoms with E-state index in [0.29, 0.717) is 11.5 Å². The Morgan fingerprint density at radius 2 is 1.47 bits per heavy atom. The molecule has 5 rings (SSSR count). The molecule has 8 nitrogen and oxygen atoms in total. The number of likely N-dealkylation sites (tertiary alicyclic amines) is 1. The molecule has 2 aromatic rings. The highest BCUT2D eigenvalue weighted by molar-refractivity contribution is 5.59. The van der Waals surface area contributed by atoms with Crippen LogP contribution in [0.2, 0.25) is 0 Å². The summed E-state index contributed by atoms with van der Waals surface area (Å²) in [6.45, 7) is 16.6. The number of ether oxygens (including phenoxy) is 4. The number of piperidine rings is 1. The summed E-state index contributed by atoms with van der Waals surface area (Å²) in [5, 5.41) is 19.6. The third-order valence-electron chi connectivity index (χ3n) is 6.55. The van der Waals surface area contributed by atoms with E-state index in [4.69, 9.17) is 18.9 Å². The van der Waals surface area contributed by atoms with Gasteiger partial charge in [0.25, 0.3) is 0 Å². The highest BCUT2D eigenvalue weighted by Crippen LogP contribution is 2.51. The van der Waals surface area contributed by atoms with Crippen molar-refractivity contribution in [3.8, 4) is 34.5 Å². The van der Waals surface area contributed by atoms with Crippen LogP contribution in [0.5, 0.6) is 34.5 Å². The summed E-state index contributed by atoms with van der Waals surface area (Å²) in [5.74, 6) is 2.02. The molecule has 0 saturated carbocycles. The molecule has 0 amide bonds. The second-order valence-corrected chi connectivity index (χ2v) is 9.05. The van der Waals surface area contributed by atoms with E-state index >= 15 is 0 Å². The van der Waals surface area contributed by atoms with Gasteiger partial charge >= 0.3 is 0 Å². The molecule has 2 N–H and O–H groups in total. The van der Waals surface area contributed by atoms with Crippen molar-refractivity contribution in [2.45, 2.75) is 86.3 Å². The summed E-state index contributed by atoms with van der Waals surface area (Å²) in [7, 11) is 1.47. The number of hydrogen-bond donors (Lipinski definition) is 2. The van der Waals surface area contributed by atoms with Crippen molar-refractivity contribution < 1.29 is 34.2 Å². The Bertz CT molecular complexity index is 966. The molecule has 0 bridgehead atoms. The minimum atomic E-state index is -0.244. The Morgan fingerprint density at radius 1 is 0.895 bits per heavy atom. The van der Waals surface area contributed by atoms with Gasteiger partial charge in [0.15, 0.2) is 23.5 Å². The molecule has 38 heavy (non-hydrogen) atoms. The molecular formula is C30H47NO7. The van der Waals surface area contributed by atoms with Crippen LogP contribution in [0, 0.1) is 5.92 Å². The van der Waals surface area contributed by atoms with Gasteiger partial charge in [-0.15, -0.1) is 0 Å². The predicted molar refractivity (Wildman–Crippen MR) is 150 cm³/mol. The van der Waals surface area contributed by atoms with Crippen LogP contribution in [0.1, 0.15) is 91.2 Å². The molecule has 3 aliphatic rings. The third-order valence-corrected chi connectivity index (χ3v) is 6.55. The van der Waals surface area contributed by atoms with E-state index in [-0.39, 0.29) is 42.1 Å². The molecule has 8 heteroatoms. The Kier molecular flexibility index (Phi) is 12.8. The molecule has 0 spiro atoms. The van der Waals surface area contributed by atoms with Crippen LogP contribution < -0.4 is 23.8 Å². The maximum absolute atomic E-state index is 10.3. The van der Waals surface area contributed by atoms with E-state index in [9.17, 15) is 10.4 Å². The molecule has 0 radical (unpaired) electrons. The Morgan fingerprint density at radius 3 is 2.05 bits per heavy atom. The number of hydrogen-bond acceptors (Lipinski definition) is 8. The SMILES string of the molecule is CC.CC.CCC.COc1cc(C2c3cc4c(cc3OC(N3CCCCC3)C2C)OCO4)cc(OO)c1O. The van der Waals surface area contributed by atoms with Gasteiger partial charge in [-0.2, -0.15) is 0 Å². The second kappa shape index (κ2) is 15.5. The molecular weight excluding hydrogens is 486 g/mol. The minimum absolute atomic E-state index is 0.0511. The molecule has 3 heterocycles. The highest BCUT2D eigenvalue weighted by Gasteiger charge is 2.41. The summed E-state index contributed by atoms with van der Waals surface area (Å²) in [5.41, 5.74) is 1.80. The number of nitrogens with zero attached hydrogens (tertiary/aromatic N) is 1. The normalized spacial score (nSPS) is 21.1. The first-order chi connectivity index (χ1) is 18.5. The van der Waals surface area contributed by atoms with Crippen LogP contribution in [-0.4, -0.2) is 48.5 Å². The largest absolute Gasteiger partial charge is 0.502 e. The van der Waals surface area contributed by atoms with Crippen LogP contribution in [-0.2, 0) is 0 Å². The fourth-order valence-corrected chi connectivity index (χ4v) is 5.04. The first kappa shape index (κ1) is 31.4. The van der Waals surface area contributed by atoms with Crippen LogP contribution in [0.25, 0.3) is 0 Å². The van der Waals surface area contributed by atoms with Crippen molar-refractivity contribution in [3.63, 3.8) is 0 Å². The molecule has 3 atom stereocenters. The second-order valence-electron chi connectivity index (χ2n) is 9.05. The molecule has 3 aliphatic heterocycles. The van der Waals surface area contributed by atoms with Gasteiger partial charge in [-0.05, 0) is 36.6 Å². The Hall–Kier alpha value is -2.84. The van der Waals surface area contributed by atoms with Gasteiger partial charge in [-0.1, -0.05) is 61.3 Å². The number of phenolic OH excluding ortho intramolecular Hbond substituents is 1. The van der Waals surface area contributed by atoms with Crippen molar-refractivity contribution in [2.24, 2.45) is 5.92 Å². The van der Waals surface area contributed by atoms with E-state index in [1.165, 1.54) is 20.0 Å². The zero-order valence-corrected chi connectivity index (χ0v) is 24.4. The van der Waals surface area contributed by atoms with E-state index < -0.39 is 0 Å². The first-order valence-corrected chi connectivity index (χ1v) is 14.1. The summed E-state index contributed by atoms with van der Waals surface area (Å²) < 4.78 is 23.1. The van der Waals surface area contributed by atoms with Crippen LogP contribution in [0.3, 0.4) is 0 Å². The maximum atomic E-state index is 10.3. The molecule has 0 aromatic heterocycles. The van der Waals surface area contributed by atoms with E-state index in [1.807, 2.05) is 39.8 Å². The molecule has 1 saturated heterocycles. The minimum Gasteiger partial charge on any atom is -0.502 e. The topological polar surface area (TPSA) is 89.9 Å². The van der Waals surface area contributed by atoms with Gasteiger partial charge in [-0.3, -0.25) is 4.90 Å². The van der Waals surface area contributed by atoms with Gasteiger partial charge in [0, 0.05) is 36.6 Å². The summed E-state index contributed by atoms with van der Waals surface area (Å²) >= 11 is 0. The fourth-order valence-electron chi connectivity index (χ4n) is 5.04. The summed E-state index contributed by atoms with van der Waals surface area (Å²) in [4.78, 5) is 6.84. The van der Waals surface area contributed by atoms with Crippen molar-refractivity contribution in [1.29, 1.82) is 0 Å². The number of methoxy groups -OCH3 is 1. The lowest BCUT2D eigenvalue weighted by atomic mass is 9.77. The lowest BCUT2D eigenvalue weighted by Crippen LogP contribution is -2.50. The average Bonchev–Trinajstić information content (AvgIpc) is 3.42. The number of aromatic hydroxyl groups is 1. The quantitative estimate of drug-likeness (QED) is 0.310. The number of rotatable bonds is 4. The molecule has 214 valence electrons. The van der Waals surface area contributed by atoms with Crippen molar-refractivity contribution in [3.05, 3.63) is 35.4 Å².